The van der Waals surface area contributed by atoms with Gasteiger partial charge in [-0.15, -0.1) is 0 Å². The number of hydrogen-bond donors (Lipinski definition) is 0. The summed E-state index contributed by atoms with van der Waals surface area (Å²) in [5.41, 5.74) is 1.23. The topological polar surface area (TPSA) is 64.3 Å². The molecule has 2 heterocycles. The highest BCUT2D eigenvalue weighted by Crippen LogP contribution is 2.21. The predicted octanol–water partition coefficient (Wildman–Crippen LogP) is 2.29. The van der Waals surface area contributed by atoms with E-state index in [1.54, 1.807) is 0 Å². The van der Waals surface area contributed by atoms with Gasteiger partial charge in [0.25, 0.3) is 5.56 Å². The molecule has 0 aliphatic carbocycles. The summed E-state index contributed by atoms with van der Waals surface area (Å²) in [5, 5.41) is 0. The van der Waals surface area contributed by atoms with E-state index in [9.17, 15) is 14.4 Å². The summed E-state index contributed by atoms with van der Waals surface area (Å²) in [7, 11) is 0. The maximum atomic E-state index is 13.0. The summed E-state index contributed by atoms with van der Waals surface area (Å²) in [6.07, 6.45) is 4.15. The summed E-state index contributed by atoms with van der Waals surface area (Å²) in [6.45, 7) is 0.795. The van der Waals surface area contributed by atoms with Gasteiger partial charge in [-0.2, -0.15) is 0 Å². The molecule has 0 bridgehead atoms. The van der Waals surface area contributed by atoms with Crippen LogP contribution in [0.4, 0.5) is 0 Å². The normalized spacial score (nSPS) is 16.0. The fourth-order valence-corrected chi connectivity index (χ4v) is 4.09. The minimum atomic E-state index is -0.460. The third-order valence-corrected chi connectivity index (χ3v) is 5.64. The third-order valence-electron chi connectivity index (χ3n) is 5.64. The molecule has 3 aromatic rings. The van der Waals surface area contributed by atoms with E-state index >= 15 is 0 Å². The molecule has 6 nitrogen and oxygen atoms in total. The Morgan fingerprint density at radius 2 is 1.57 bits per heavy atom. The summed E-state index contributed by atoms with van der Waals surface area (Å²) < 4.78 is 2.51. The van der Waals surface area contributed by atoms with Crippen molar-refractivity contribution in [3.8, 4) is 0 Å². The molecule has 154 valence electrons. The molecular formula is C24H25N3O3. The average molecular weight is 403 g/mol. The molecule has 1 unspecified atom stereocenters. The smallest absolute Gasteiger partial charge is 0.331 e. The van der Waals surface area contributed by atoms with Gasteiger partial charge in [-0.25, -0.2) is 4.79 Å². The first-order chi connectivity index (χ1) is 14.6. The zero-order valence-electron chi connectivity index (χ0n) is 16.8. The Labute approximate surface area is 175 Å². The molecule has 6 heteroatoms. The van der Waals surface area contributed by atoms with Crippen molar-refractivity contribution in [2.75, 3.05) is 6.54 Å². The van der Waals surface area contributed by atoms with Gasteiger partial charge in [-0.3, -0.25) is 18.7 Å². The van der Waals surface area contributed by atoms with Crippen molar-refractivity contribution >= 4 is 5.91 Å². The number of nitrogens with zero attached hydrogens (tertiary/aromatic N) is 3. The van der Waals surface area contributed by atoms with Crippen LogP contribution in [0.15, 0.2) is 82.5 Å². The zero-order chi connectivity index (χ0) is 20.9. The first kappa shape index (κ1) is 19.9. The Morgan fingerprint density at radius 3 is 2.27 bits per heavy atom. The van der Waals surface area contributed by atoms with Gasteiger partial charge in [0, 0.05) is 24.8 Å². The Bertz CT molecular complexity index is 1120. The molecule has 1 aliphatic rings. The predicted molar refractivity (Wildman–Crippen MR) is 115 cm³/mol. The molecule has 0 radical (unpaired) electrons. The molecule has 30 heavy (non-hydrogen) atoms. The van der Waals surface area contributed by atoms with Gasteiger partial charge in [-0.1, -0.05) is 60.7 Å². The number of aromatic nitrogens is 2. The van der Waals surface area contributed by atoms with E-state index in [1.165, 1.54) is 22.4 Å². The fourth-order valence-electron chi connectivity index (χ4n) is 4.09. The lowest BCUT2D eigenvalue weighted by Gasteiger charge is -2.25. The van der Waals surface area contributed by atoms with E-state index in [-0.39, 0.29) is 18.5 Å². The van der Waals surface area contributed by atoms with Crippen LogP contribution < -0.4 is 11.2 Å². The van der Waals surface area contributed by atoms with Gasteiger partial charge in [0.2, 0.25) is 5.91 Å². The van der Waals surface area contributed by atoms with Crippen LogP contribution in [0.3, 0.4) is 0 Å². The molecule has 1 fully saturated rings. The number of likely N-dealkylation sites (tertiary alicyclic amines) is 1. The van der Waals surface area contributed by atoms with Gasteiger partial charge in [0.05, 0.1) is 6.54 Å². The maximum Gasteiger partial charge on any atom is 0.331 e. The minimum absolute atomic E-state index is 0.103. The van der Waals surface area contributed by atoms with Crippen molar-refractivity contribution in [2.24, 2.45) is 0 Å². The van der Waals surface area contributed by atoms with E-state index in [0.717, 1.165) is 29.4 Å². The van der Waals surface area contributed by atoms with Crippen molar-refractivity contribution in [1.29, 1.82) is 0 Å². The number of rotatable bonds is 6. The molecule has 1 aromatic heterocycles. The highest BCUT2D eigenvalue weighted by Gasteiger charge is 2.29. The maximum absolute atomic E-state index is 13.0. The van der Waals surface area contributed by atoms with Crippen molar-refractivity contribution in [1.82, 2.24) is 14.0 Å². The second-order valence-electron chi connectivity index (χ2n) is 7.71. The van der Waals surface area contributed by atoms with Gasteiger partial charge < -0.3 is 4.90 Å². The largest absolute Gasteiger partial charge is 0.338 e. The average Bonchev–Trinajstić information content (AvgIpc) is 3.23. The Morgan fingerprint density at radius 1 is 0.900 bits per heavy atom. The van der Waals surface area contributed by atoms with Gasteiger partial charge in [0.15, 0.2) is 0 Å². The fraction of sp³-hybridized carbons (Fsp3) is 0.292. The number of carbonyl (C=O) groups is 1. The first-order valence-electron chi connectivity index (χ1n) is 10.3. The van der Waals surface area contributed by atoms with Crippen LogP contribution in [-0.4, -0.2) is 32.5 Å². The summed E-state index contributed by atoms with van der Waals surface area (Å²) in [6, 6.07) is 21.1. The van der Waals surface area contributed by atoms with Gasteiger partial charge in [-0.05, 0) is 30.4 Å². The van der Waals surface area contributed by atoms with Crippen LogP contribution in [0.2, 0.25) is 0 Å². The van der Waals surface area contributed by atoms with Crippen LogP contribution in [0, 0.1) is 0 Å². The number of benzene rings is 2. The summed E-state index contributed by atoms with van der Waals surface area (Å²) in [4.78, 5) is 40.1. The first-order valence-corrected chi connectivity index (χ1v) is 10.3. The van der Waals surface area contributed by atoms with E-state index in [1.807, 2.05) is 53.4 Å². The monoisotopic (exact) mass is 403 g/mol. The van der Waals surface area contributed by atoms with Crippen LogP contribution in [0.5, 0.6) is 0 Å². The van der Waals surface area contributed by atoms with Crippen LogP contribution in [-0.2, 0) is 24.3 Å². The van der Waals surface area contributed by atoms with Crippen molar-refractivity contribution in [3.05, 3.63) is 105 Å². The zero-order valence-corrected chi connectivity index (χ0v) is 16.8. The molecule has 0 saturated carbocycles. The Hall–Kier alpha value is -3.41. The van der Waals surface area contributed by atoms with E-state index in [4.69, 9.17) is 0 Å². The van der Waals surface area contributed by atoms with Crippen LogP contribution in [0.1, 0.15) is 24.0 Å². The lowest BCUT2D eigenvalue weighted by atomic mass is 10.0. The second-order valence-corrected chi connectivity index (χ2v) is 7.71. The van der Waals surface area contributed by atoms with Crippen molar-refractivity contribution in [2.45, 2.75) is 38.4 Å². The summed E-state index contributed by atoms with van der Waals surface area (Å²) >= 11 is 0. The molecule has 2 aromatic carbocycles. The molecular weight excluding hydrogens is 378 g/mol. The Balaban J connectivity index is 1.52. The quantitative estimate of drug-likeness (QED) is 0.634. The molecule has 0 N–H and O–H groups in total. The number of amides is 1. The van der Waals surface area contributed by atoms with E-state index < -0.39 is 11.2 Å². The standard InChI is InChI=1S/C24H25N3O3/c28-22-13-15-25(17-20-10-5-2-6-11-20)24(30)27(22)18-23(29)26-14-7-12-21(26)16-19-8-3-1-4-9-19/h1-6,8-11,13,15,21H,7,12,14,16-18H2. The van der Waals surface area contributed by atoms with E-state index in [0.29, 0.717) is 13.1 Å². The number of carbonyl (C=O) groups excluding carboxylic acids is 1. The third kappa shape index (κ3) is 4.43. The SMILES string of the molecule is O=C(Cn1c(=O)ccn(Cc2ccccc2)c1=O)N1CCCC1Cc1ccccc1. The lowest BCUT2D eigenvalue weighted by molar-refractivity contribution is -0.132. The van der Waals surface area contributed by atoms with Crippen LogP contribution >= 0.6 is 0 Å². The van der Waals surface area contributed by atoms with Gasteiger partial charge >= 0.3 is 5.69 Å². The summed E-state index contributed by atoms with van der Waals surface area (Å²) in [5.74, 6) is -0.176. The highest BCUT2D eigenvalue weighted by atomic mass is 16.2. The van der Waals surface area contributed by atoms with Crippen LogP contribution in [0.25, 0.3) is 0 Å². The lowest BCUT2D eigenvalue weighted by Crippen LogP contribution is -2.45. The highest BCUT2D eigenvalue weighted by molar-refractivity contribution is 5.76. The van der Waals surface area contributed by atoms with Crippen molar-refractivity contribution < 1.29 is 4.79 Å². The van der Waals surface area contributed by atoms with Gasteiger partial charge in [0.1, 0.15) is 6.54 Å². The molecule has 1 aliphatic heterocycles. The van der Waals surface area contributed by atoms with E-state index in [2.05, 4.69) is 12.1 Å². The van der Waals surface area contributed by atoms with Crippen molar-refractivity contribution in [3.63, 3.8) is 0 Å². The second kappa shape index (κ2) is 8.95. The number of hydrogen-bond acceptors (Lipinski definition) is 3. The Kier molecular flexibility index (Phi) is 5.93. The molecule has 4 rings (SSSR count). The minimum Gasteiger partial charge on any atom is -0.338 e. The molecule has 1 amide bonds. The molecule has 0 spiro atoms. The molecule has 1 atom stereocenters. The molecule has 1 saturated heterocycles.